The van der Waals surface area contributed by atoms with E-state index >= 15 is 0 Å². The number of carboxylic acids is 1. The van der Waals surface area contributed by atoms with E-state index in [1.807, 2.05) is 0 Å². The zero-order chi connectivity index (χ0) is 30.6. The molecule has 2 saturated heterocycles. The Bertz CT molecular complexity index is 1190. The van der Waals surface area contributed by atoms with Crippen molar-refractivity contribution in [1.29, 1.82) is 0 Å². The molecule has 2 heterocycles. The van der Waals surface area contributed by atoms with Crippen molar-refractivity contribution in [3.8, 4) is 0 Å². The summed E-state index contributed by atoms with van der Waals surface area (Å²) in [6, 6.07) is 4.25. The van der Waals surface area contributed by atoms with Crippen molar-refractivity contribution in [2.24, 2.45) is 16.5 Å². The second kappa shape index (κ2) is 15.3. The van der Waals surface area contributed by atoms with Crippen molar-refractivity contribution in [3.63, 3.8) is 0 Å². The molecule has 228 valence electrons. The van der Waals surface area contributed by atoms with Gasteiger partial charge in [-0.3, -0.25) is 33.8 Å². The molecule has 0 radical (unpaired) electrons. The molecule has 2 aliphatic heterocycles. The standard InChI is InChI=1S/C27H38N8O7/c28-27(29)30-11-6-9-17-23(39)31-15-21(36)32-18(14-22(37)38)24(40)34-19(13-16-7-2-1-3-8-16)26(42)35-12-5-4-10-20(35)25(41)33-17/h1-3,7-8,17-20H,4-6,9-15H2,(H,31,39)(H,32,36)(H,33,41)(H,34,40)(H,37,38)(H4,28,29,30)/t17-,18-,19+,20+/m0/s1. The van der Waals surface area contributed by atoms with E-state index in [-0.39, 0.29) is 31.9 Å². The molecule has 0 aromatic heterocycles. The third-order valence-corrected chi connectivity index (χ3v) is 7.02. The fourth-order valence-electron chi connectivity index (χ4n) is 4.95. The lowest BCUT2D eigenvalue weighted by Crippen LogP contribution is -2.60. The van der Waals surface area contributed by atoms with Crippen LogP contribution in [0.1, 0.15) is 44.1 Å². The normalized spacial score (nSPS) is 24.1. The first-order chi connectivity index (χ1) is 20.0. The van der Waals surface area contributed by atoms with Crippen molar-refractivity contribution in [1.82, 2.24) is 26.2 Å². The Hall–Kier alpha value is -4.69. The number of piperidine rings is 1. The first-order valence-corrected chi connectivity index (χ1v) is 13.8. The molecule has 2 aliphatic rings. The number of carboxylic acid groups (broad SMARTS) is 1. The summed E-state index contributed by atoms with van der Waals surface area (Å²) in [4.78, 5) is 83.2. The zero-order valence-electron chi connectivity index (χ0n) is 23.2. The van der Waals surface area contributed by atoms with Gasteiger partial charge in [0.15, 0.2) is 5.96 Å². The number of benzene rings is 1. The lowest BCUT2D eigenvalue weighted by atomic mass is 9.97. The van der Waals surface area contributed by atoms with Crippen molar-refractivity contribution >= 4 is 41.5 Å². The molecule has 0 unspecified atom stereocenters. The monoisotopic (exact) mass is 586 g/mol. The van der Waals surface area contributed by atoms with E-state index in [1.54, 1.807) is 30.3 Å². The van der Waals surface area contributed by atoms with Crippen molar-refractivity contribution in [3.05, 3.63) is 35.9 Å². The van der Waals surface area contributed by atoms with Crippen LogP contribution in [0.3, 0.4) is 0 Å². The molecule has 42 heavy (non-hydrogen) atoms. The summed E-state index contributed by atoms with van der Waals surface area (Å²) in [5.74, 6) is -4.93. The van der Waals surface area contributed by atoms with Gasteiger partial charge in [-0.2, -0.15) is 0 Å². The van der Waals surface area contributed by atoms with Gasteiger partial charge < -0.3 is 42.7 Å². The molecule has 0 saturated carbocycles. The van der Waals surface area contributed by atoms with Crippen molar-refractivity contribution < 1.29 is 33.9 Å². The van der Waals surface area contributed by atoms with E-state index in [1.165, 1.54) is 4.90 Å². The lowest BCUT2D eigenvalue weighted by Gasteiger charge is -2.37. The molecule has 0 spiro atoms. The molecule has 4 atom stereocenters. The van der Waals surface area contributed by atoms with Crippen LogP contribution >= 0.6 is 0 Å². The summed E-state index contributed by atoms with van der Waals surface area (Å²) >= 11 is 0. The van der Waals surface area contributed by atoms with Crippen LogP contribution in [0.15, 0.2) is 35.3 Å². The molecule has 5 amide bonds. The van der Waals surface area contributed by atoms with Gasteiger partial charge in [0, 0.05) is 19.5 Å². The Morgan fingerprint density at radius 2 is 1.64 bits per heavy atom. The van der Waals surface area contributed by atoms with Gasteiger partial charge in [-0.25, -0.2) is 0 Å². The molecule has 9 N–H and O–H groups in total. The number of nitrogens with zero attached hydrogens (tertiary/aromatic N) is 2. The van der Waals surface area contributed by atoms with Gasteiger partial charge in [0.2, 0.25) is 29.5 Å². The second-order valence-electron chi connectivity index (χ2n) is 10.2. The summed E-state index contributed by atoms with van der Waals surface area (Å²) in [5.41, 5.74) is 11.4. The highest BCUT2D eigenvalue weighted by molar-refractivity contribution is 5.98. The predicted octanol–water partition coefficient (Wildman–Crippen LogP) is -2.28. The van der Waals surface area contributed by atoms with Crippen LogP contribution in [0.4, 0.5) is 0 Å². The Morgan fingerprint density at radius 1 is 0.929 bits per heavy atom. The summed E-state index contributed by atoms with van der Waals surface area (Å²) in [6.45, 7) is -0.137. The van der Waals surface area contributed by atoms with Gasteiger partial charge in [-0.1, -0.05) is 30.3 Å². The number of aliphatic carboxylic acids is 1. The number of rotatable bonds is 8. The molecule has 2 fully saturated rings. The molecule has 1 aromatic rings. The van der Waals surface area contributed by atoms with E-state index < -0.39 is 72.6 Å². The van der Waals surface area contributed by atoms with Gasteiger partial charge >= 0.3 is 5.97 Å². The number of nitrogens with two attached hydrogens (primary N) is 2. The van der Waals surface area contributed by atoms with Crippen LogP contribution in [0.2, 0.25) is 0 Å². The molecule has 15 nitrogen and oxygen atoms in total. The Morgan fingerprint density at radius 3 is 2.33 bits per heavy atom. The fourth-order valence-corrected chi connectivity index (χ4v) is 4.95. The molecule has 0 aliphatic carbocycles. The number of carbonyl (C=O) groups is 6. The Kier molecular flexibility index (Phi) is 11.6. The first-order valence-electron chi connectivity index (χ1n) is 13.8. The largest absolute Gasteiger partial charge is 0.481 e. The van der Waals surface area contributed by atoms with E-state index in [0.717, 1.165) is 5.56 Å². The predicted molar refractivity (Wildman–Crippen MR) is 150 cm³/mol. The maximum atomic E-state index is 13.9. The summed E-state index contributed by atoms with van der Waals surface area (Å²) < 4.78 is 0. The third kappa shape index (κ3) is 9.45. The van der Waals surface area contributed by atoms with Crippen LogP contribution in [-0.4, -0.2) is 95.3 Å². The second-order valence-corrected chi connectivity index (χ2v) is 10.2. The van der Waals surface area contributed by atoms with Crippen molar-refractivity contribution in [2.75, 3.05) is 19.6 Å². The number of guanidine groups is 1. The molecule has 1 aromatic carbocycles. The molecular formula is C27H38N8O7. The highest BCUT2D eigenvalue weighted by atomic mass is 16.4. The van der Waals surface area contributed by atoms with E-state index in [2.05, 4.69) is 26.3 Å². The summed E-state index contributed by atoms with van der Waals surface area (Å²) in [7, 11) is 0. The first kappa shape index (κ1) is 31.8. The Labute approximate surface area is 242 Å². The number of carbonyl (C=O) groups excluding carboxylic acids is 5. The zero-order valence-corrected chi connectivity index (χ0v) is 23.2. The average Bonchev–Trinajstić information content (AvgIpc) is 2.96. The Balaban J connectivity index is 1.96. The fraction of sp³-hybridized carbons (Fsp3) is 0.519. The minimum absolute atomic E-state index is 0.0669. The van der Waals surface area contributed by atoms with Gasteiger partial charge in [0.25, 0.3) is 0 Å². The number of hydrogen-bond acceptors (Lipinski definition) is 7. The quantitative estimate of drug-likeness (QED) is 0.0985. The molecule has 15 heteroatoms. The summed E-state index contributed by atoms with van der Waals surface area (Å²) in [5, 5.41) is 19.5. The highest BCUT2D eigenvalue weighted by Gasteiger charge is 2.38. The van der Waals surface area contributed by atoms with Crippen LogP contribution in [0.5, 0.6) is 0 Å². The van der Waals surface area contributed by atoms with E-state index in [0.29, 0.717) is 25.7 Å². The van der Waals surface area contributed by atoms with Crippen LogP contribution in [0, 0.1) is 0 Å². The number of amides is 5. The van der Waals surface area contributed by atoms with Gasteiger partial charge in [-0.05, 0) is 37.7 Å². The number of hydrogen-bond donors (Lipinski definition) is 7. The van der Waals surface area contributed by atoms with Gasteiger partial charge in [-0.15, -0.1) is 0 Å². The number of nitrogens with one attached hydrogen (secondary N) is 4. The third-order valence-electron chi connectivity index (χ3n) is 7.02. The van der Waals surface area contributed by atoms with Crippen LogP contribution < -0.4 is 32.7 Å². The molecule has 0 bridgehead atoms. The smallest absolute Gasteiger partial charge is 0.305 e. The lowest BCUT2D eigenvalue weighted by molar-refractivity contribution is -0.146. The van der Waals surface area contributed by atoms with E-state index in [9.17, 15) is 33.9 Å². The SMILES string of the molecule is NC(N)=NCCC[C@@H]1NC(=O)[C@H]2CCCCN2C(=O)[C@@H](Cc2ccccc2)NC(=O)[C@H](CC(=O)O)NC(=O)CNC1=O. The molecular weight excluding hydrogens is 548 g/mol. The van der Waals surface area contributed by atoms with E-state index in [4.69, 9.17) is 11.5 Å². The number of aliphatic imine (C=N–C) groups is 1. The summed E-state index contributed by atoms with van der Waals surface area (Å²) in [6.07, 6.45) is 1.41. The highest BCUT2D eigenvalue weighted by Crippen LogP contribution is 2.20. The van der Waals surface area contributed by atoms with Crippen molar-refractivity contribution in [2.45, 2.75) is 69.1 Å². The topological polar surface area (TPSA) is 238 Å². The van der Waals surface area contributed by atoms with Gasteiger partial charge in [0.1, 0.15) is 24.2 Å². The van der Waals surface area contributed by atoms with Crippen LogP contribution in [0.25, 0.3) is 0 Å². The minimum atomic E-state index is -1.52. The maximum absolute atomic E-state index is 13.9. The minimum Gasteiger partial charge on any atom is -0.481 e. The maximum Gasteiger partial charge on any atom is 0.305 e. The number of fused-ring (bicyclic) bond motifs is 1. The molecule has 3 rings (SSSR count). The average molecular weight is 587 g/mol. The van der Waals surface area contributed by atoms with Crippen LogP contribution in [-0.2, 0) is 35.2 Å². The van der Waals surface area contributed by atoms with Gasteiger partial charge in [0.05, 0.1) is 13.0 Å².